The van der Waals surface area contributed by atoms with Gasteiger partial charge in [0.25, 0.3) is 0 Å². The van der Waals surface area contributed by atoms with Crippen molar-refractivity contribution in [2.45, 2.75) is 142 Å². The molecule has 7 nitrogen and oxygen atoms in total. The number of primary amides is 1. The molecule has 2 atom stereocenters. The first-order chi connectivity index (χ1) is 17.8. The van der Waals surface area contributed by atoms with Crippen LogP contribution in [0.2, 0.25) is 0 Å². The van der Waals surface area contributed by atoms with Crippen LogP contribution in [0.15, 0.2) is 0 Å². The van der Waals surface area contributed by atoms with Crippen molar-refractivity contribution in [3.63, 3.8) is 0 Å². The number of hydrogen-bond donors (Lipinski definition) is 1. The third-order valence-corrected chi connectivity index (χ3v) is 13.7. The molecule has 0 saturated carbocycles. The number of carbonyl (C=O) groups excluding carboxylic acids is 1. The summed E-state index contributed by atoms with van der Waals surface area (Å²) in [5.41, 5.74) is 5.22. The van der Waals surface area contributed by atoms with Crippen LogP contribution < -0.4 is 5.73 Å². The summed E-state index contributed by atoms with van der Waals surface area (Å²) in [5, 5.41) is 0. The maximum absolute atomic E-state index is 11.4. The van der Waals surface area contributed by atoms with Gasteiger partial charge in [-0.15, -0.1) is 0 Å². The van der Waals surface area contributed by atoms with E-state index in [1.807, 2.05) is 0 Å². The Hall–Kier alpha value is 1.10. The molecule has 0 aliphatic carbocycles. The Balaban J connectivity index is 4.22. The second kappa shape index (κ2) is 26.0. The van der Waals surface area contributed by atoms with Crippen molar-refractivity contribution in [1.82, 2.24) is 0 Å². The Morgan fingerprint density at radius 1 is 0.622 bits per heavy atom. The van der Waals surface area contributed by atoms with E-state index in [1.54, 1.807) is 0 Å². The molecule has 12 heteroatoms. The van der Waals surface area contributed by atoms with Gasteiger partial charge in [-0.2, -0.15) is 0 Å². The van der Waals surface area contributed by atoms with Crippen LogP contribution in [-0.2, 0) is 64.9 Å². The molecule has 0 fully saturated rings. The maximum atomic E-state index is 11.4. The summed E-state index contributed by atoms with van der Waals surface area (Å²) >= 11 is 12.2. The molecule has 1 amide bonds. The van der Waals surface area contributed by atoms with Crippen LogP contribution in [0, 0.1) is 0 Å². The van der Waals surface area contributed by atoms with Crippen LogP contribution in [0.4, 0.5) is 4.79 Å². The molecule has 0 saturated heterocycles. The Labute approximate surface area is 249 Å². The van der Waals surface area contributed by atoms with Crippen LogP contribution in [-0.4, -0.2) is 19.3 Å². The summed E-state index contributed by atoms with van der Waals surface area (Å²) < 4.78 is 27.6. The molecule has 37 heavy (non-hydrogen) atoms. The van der Waals surface area contributed by atoms with Crippen molar-refractivity contribution in [2.75, 3.05) is 13.2 Å². The van der Waals surface area contributed by atoms with Crippen molar-refractivity contribution in [1.29, 1.82) is 0 Å². The van der Waals surface area contributed by atoms with Crippen molar-refractivity contribution < 1.29 is 46.0 Å². The average Bonchev–Trinajstić information content (AvgIpc) is 2.85. The molecular formula is C25H52MoNO6P2S2. The van der Waals surface area contributed by atoms with Crippen molar-refractivity contribution >= 4 is 43.1 Å². The van der Waals surface area contributed by atoms with Gasteiger partial charge >= 0.3 is 198 Å². The first-order valence-corrected chi connectivity index (χ1v) is 20.2. The normalized spacial score (nSPS) is 14.8. The Morgan fingerprint density at radius 2 is 0.946 bits per heavy atom. The number of hydrogen-bond acceptors (Lipinski definition) is 8. The number of nitrogens with two attached hydrogens (primary N) is 1. The fraction of sp³-hybridized carbons (Fsp3) is 0.960. The van der Waals surface area contributed by atoms with Gasteiger partial charge in [0.1, 0.15) is 0 Å². The average molecular weight is 685 g/mol. The summed E-state index contributed by atoms with van der Waals surface area (Å²) in [6.45, 7) is -1.55. The zero-order valence-corrected chi connectivity index (χ0v) is 28.6. The number of unbranched alkanes of at least 4 members (excludes halogenated alkanes) is 18. The van der Waals surface area contributed by atoms with Crippen LogP contribution >= 0.6 is 13.4 Å². The predicted molar refractivity (Wildman–Crippen MR) is 157 cm³/mol. The summed E-state index contributed by atoms with van der Waals surface area (Å²) in [6, 6.07) is 0. The first kappa shape index (κ1) is 38.1. The van der Waals surface area contributed by atoms with E-state index >= 15 is 0 Å². The van der Waals surface area contributed by atoms with Gasteiger partial charge in [0.05, 0.1) is 0 Å². The molecular weight excluding hydrogens is 632 g/mol. The van der Waals surface area contributed by atoms with Crippen molar-refractivity contribution in [3.05, 3.63) is 0 Å². The van der Waals surface area contributed by atoms with Crippen LogP contribution in [0.3, 0.4) is 0 Å². The van der Waals surface area contributed by atoms with Gasteiger partial charge in [-0.05, 0) is 0 Å². The van der Waals surface area contributed by atoms with E-state index in [-0.39, 0.29) is 0 Å². The summed E-state index contributed by atoms with van der Waals surface area (Å²) in [6.07, 6.45) is 23.2. The zero-order valence-electron chi connectivity index (χ0n) is 23.2. The fourth-order valence-electron chi connectivity index (χ4n) is 3.89. The number of carbonyl (C=O) groups is 1. The van der Waals surface area contributed by atoms with Crippen molar-refractivity contribution in [2.24, 2.45) is 5.73 Å². The standard InChI is InChI=1S/C25H53NO6P2S2.Mo/c1-3-5-7-9-11-13-15-17-19-21-23-29-33(28,35)32-34(36,31-25(26)27)30-24-22-20-18-16-14-12-10-8-6-4-2;/h3-24H2,1-2H3,(H2,26,27)(H,28,35);/q;+1/p-1. The van der Waals surface area contributed by atoms with E-state index < -0.39 is 19.5 Å². The van der Waals surface area contributed by atoms with E-state index in [9.17, 15) is 4.79 Å². The molecule has 0 heterocycles. The monoisotopic (exact) mass is 686 g/mol. The Morgan fingerprint density at radius 3 is 1.27 bits per heavy atom. The number of amides is 1. The van der Waals surface area contributed by atoms with E-state index in [0.717, 1.165) is 32.1 Å². The predicted octanol–water partition coefficient (Wildman–Crippen LogP) is 9.90. The minimum atomic E-state index is -3.52. The molecule has 0 radical (unpaired) electrons. The van der Waals surface area contributed by atoms with Gasteiger partial charge in [0.15, 0.2) is 0 Å². The molecule has 221 valence electrons. The van der Waals surface area contributed by atoms with Crippen molar-refractivity contribution in [3.8, 4) is 0 Å². The molecule has 0 aromatic rings. The summed E-state index contributed by atoms with van der Waals surface area (Å²) in [5.74, 6) is 0. The van der Waals surface area contributed by atoms with Gasteiger partial charge in [0, 0.05) is 0 Å². The Kier molecular flexibility index (Phi) is 26.8. The molecule has 2 unspecified atom stereocenters. The molecule has 0 aromatic heterocycles. The Bertz CT molecular complexity index is 648. The third-order valence-electron chi connectivity index (χ3n) is 5.99. The molecule has 0 bridgehead atoms. The molecule has 0 spiro atoms. The first-order valence-electron chi connectivity index (χ1n) is 14.3. The minimum absolute atomic E-state index is 0.305. The van der Waals surface area contributed by atoms with Crippen LogP contribution in [0.25, 0.3) is 0 Å². The second-order valence-corrected chi connectivity index (χ2v) is 16.6. The topological polar surface area (TPSA) is 89.2 Å². The number of rotatable bonds is 28. The molecule has 0 aliphatic rings. The van der Waals surface area contributed by atoms with Gasteiger partial charge in [-0.25, -0.2) is 0 Å². The second-order valence-electron chi connectivity index (χ2n) is 9.49. The third kappa shape index (κ3) is 24.6. The van der Waals surface area contributed by atoms with Gasteiger partial charge in [0.2, 0.25) is 0 Å². The van der Waals surface area contributed by atoms with E-state index in [0.29, 0.717) is 13.2 Å². The van der Waals surface area contributed by atoms with Gasteiger partial charge < -0.3 is 0 Å². The zero-order chi connectivity index (χ0) is 27.7. The van der Waals surface area contributed by atoms with E-state index in [2.05, 4.69) is 13.8 Å². The summed E-state index contributed by atoms with van der Waals surface area (Å²) in [4.78, 5) is 11.4. The fourth-order valence-corrected chi connectivity index (χ4v) is 10.1. The SMILES string of the molecule is CCCCCCCCCCCCOP(=S)([O][Mo])OP(=S)(OCCCCCCCCCCCC)OC(N)=O. The van der Waals surface area contributed by atoms with Crippen LogP contribution in [0.1, 0.15) is 142 Å². The van der Waals surface area contributed by atoms with Gasteiger partial charge in [-0.3, -0.25) is 0 Å². The molecule has 0 aliphatic heterocycles. The molecule has 0 aromatic carbocycles. The van der Waals surface area contributed by atoms with Crippen LogP contribution in [0.5, 0.6) is 0 Å². The van der Waals surface area contributed by atoms with E-state index in [4.69, 9.17) is 50.4 Å². The van der Waals surface area contributed by atoms with E-state index in [1.165, 1.54) is 117 Å². The molecule has 0 rings (SSSR count). The quantitative estimate of drug-likeness (QED) is 0.0495. The molecule has 2 N–H and O–H groups in total. The van der Waals surface area contributed by atoms with Gasteiger partial charge in [-0.1, -0.05) is 52.4 Å². The summed E-state index contributed by atoms with van der Waals surface area (Å²) in [7, 11) is 0.